The topological polar surface area (TPSA) is 78.5 Å². The van der Waals surface area contributed by atoms with Crippen molar-refractivity contribution in [3.63, 3.8) is 0 Å². The Kier molecular flexibility index (Phi) is 8.87. The van der Waals surface area contributed by atoms with Crippen LogP contribution in [0.5, 0.6) is 0 Å². The first-order chi connectivity index (χ1) is 14.3. The van der Waals surface area contributed by atoms with Gasteiger partial charge in [0.05, 0.1) is 10.9 Å². The smallest absolute Gasteiger partial charge is 0.315 e. The number of hydrogen-bond acceptors (Lipinski definition) is 3. The Bertz CT molecular complexity index is 895. The number of urea groups is 1. The summed E-state index contributed by atoms with van der Waals surface area (Å²) in [6.45, 7) is 8.37. The zero-order valence-corrected chi connectivity index (χ0v) is 19.1. The van der Waals surface area contributed by atoms with Crippen molar-refractivity contribution in [2.75, 3.05) is 13.1 Å². The lowest BCUT2D eigenvalue weighted by atomic mass is 10.1. The minimum absolute atomic E-state index is 0.0407. The maximum absolute atomic E-state index is 12.6. The highest BCUT2D eigenvalue weighted by Crippen LogP contribution is 2.19. The Balaban J connectivity index is 1.89. The largest absolute Gasteiger partial charge is 0.336 e. The first-order valence-electron chi connectivity index (χ1n) is 10.5. The highest BCUT2D eigenvalue weighted by Gasteiger charge is 2.21. The highest BCUT2D eigenvalue weighted by molar-refractivity contribution is 7.89. The zero-order valence-electron chi connectivity index (χ0n) is 18.3. The van der Waals surface area contributed by atoms with Crippen LogP contribution in [0.4, 0.5) is 4.79 Å². The molecular formula is C23H33N3O3S. The van der Waals surface area contributed by atoms with Crippen molar-refractivity contribution in [2.45, 2.75) is 57.5 Å². The van der Waals surface area contributed by atoms with Crippen LogP contribution in [-0.4, -0.2) is 37.9 Å². The highest BCUT2D eigenvalue weighted by atomic mass is 32.2. The van der Waals surface area contributed by atoms with E-state index in [2.05, 4.69) is 22.8 Å². The second-order valence-corrected chi connectivity index (χ2v) is 9.36. The fourth-order valence-corrected chi connectivity index (χ4v) is 4.74. The number of benzene rings is 2. The van der Waals surface area contributed by atoms with E-state index in [1.54, 1.807) is 24.3 Å². The molecule has 2 unspecified atom stereocenters. The Morgan fingerprint density at radius 1 is 0.933 bits per heavy atom. The van der Waals surface area contributed by atoms with E-state index >= 15 is 0 Å². The Hall–Kier alpha value is -2.38. The van der Waals surface area contributed by atoms with Crippen LogP contribution in [0.15, 0.2) is 59.5 Å². The lowest BCUT2D eigenvalue weighted by Gasteiger charge is -2.20. The summed E-state index contributed by atoms with van der Waals surface area (Å²) < 4.78 is 26.6. The molecule has 0 saturated heterocycles. The molecule has 0 aliphatic heterocycles. The molecule has 2 atom stereocenters. The summed E-state index contributed by atoms with van der Waals surface area (Å²) in [7, 11) is -3.48. The van der Waals surface area contributed by atoms with Gasteiger partial charge >= 0.3 is 6.03 Å². The van der Waals surface area contributed by atoms with Gasteiger partial charge in [-0.3, -0.25) is 0 Å². The summed E-state index contributed by atoms with van der Waals surface area (Å²) in [5, 5.41) is 5.88. The lowest BCUT2D eigenvalue weighted by Crippen LogP contribution is -2.41. The lowest BCUT2D eigenvalue weighted by molar-refractivity contribution is 0.234. The first-order valence-corrected chi connectivity index (χ1v) is 11.9. The number of sulfonamides is 1. The van der Waals surface area contributed by atoms with Crippen molar-refractivity contribution in [3.8, 4) is 0 Å². The van der Waals surface area contributed by atoms with Crippen molar-refractivity contribution in [1.82, 2.24) is 14.9 Å². The van der Waals surface area contributed by atoms with Gasteiger partial charge in [-0.25, -0.2) is 13.2 Å². The van der Waals surface area contributed by atoms with Gasteiger partial charge in [0.15, 0.2) is 0 Å². The van der Waals surface area contributed by atoms with Crippen LogP contribution >= 0.6 is 0 Å². The van der Waals surface area contributed by atoms with Gasteiger partial charge in [0, 0.05) is 19.1 Å². The van der Waals surface area contributed by atoms with Gasteiger partial charge in [-0.1, -0.05) is 56.3 Å². The van der Waals surface area contributed by atoms with E-state index < -0.39 is 10.0 Å². The van der Waals surface area contributed by atoms with Crippen LogP contribution in [0.3, 0.4) is 0 Å². The molecule has 0 saturated carbocycles. The van der Waals surface area contributed by atoms with Gasteiger partial charge in [0.1, 0.15) is 0 Å². The van der Waals surface area contributed by atoms with Crippen molar-refractivity contribution in [2.24, 2.45) is 0 Å². The molecule has 164 valence electrons. The molecule has 0 spiro atoms. The average Bonchev–Trinajstić information content (AvgIpc) is 2.73. The first kappa shape index (κ1) is 23.9. The van der Waals surface area contributed by atoms with E-state index in [4.69, 9.17) is 0 Å². The number of rotatable bonds is 10. The van der Waals surface area contributed by atoms with Crippen molar-refractivity contribution in [1.29, 1.82) is 0 Å². The van der Waals surface area contributed by atoms with Gasteiger partial charge in [-0.15, -0.1) is 0 Å². The predicted octanol–water partition coefficient (Wildman–Crippen LogP) is 4.10. The van der Waals surface area contributed by atoms with Crippen LogP contribution < -0.4 is 10.6 Å². The monoisotopic (exact) mass is 431 g/mol. The van der Waals surface area contributed by atoms with E-state index in [9.17, 15) is 13.2 Å². The molecule has 0 aromatic heterocycles. The number of hydrogen-bond donors (Lipinski definition) is 2. The van der Waals surface area contributed by atoms with Gasteiger partial charge < -0.3 is 10.6 Å². The summed E-state index contributed by atoms with van der Waals surface area (Å²) in [5.41, 5.74) is 2.10. The third-order valence-corrected chi connectivity index (χ3v) is 7.22. The third kappa shape index (κ3) is 6.57. The van der Waals surface area contributed by atoms with E-state index in [0.717, 1.165) is 18.4 Å². The van der Waals surface area contributed by atoms with Gasteiger partial charge in [-0.05, 0) is 49.9 Å². The Morgan fingerprint density at radius 3 is 2.10 bits per heavy atom. The molecule has 2 aromatic carbocycles. The Labute approximate surface area is 180 Å². The van der Waals surface area contributed by atoms with E-state index in [0.29, 0.717) is 13.1 Å². The van der Waals surface area contributed by atoms with Crippen LogP contribution in [0, 0.1) is 0 Å². The number of nitrogens with one attached hydrogen (secondary N) is 2. The van der Waals surface area contributed by atoms with Gasteiger partial charge in [0.25, 0.3) is 0 Å². The molecule has 0 aliphatic rings. The molecule has 0 fully saturated rings. The second-order valence-electron chi connectivity index (χ2n) is 7.42. The molecule has 2 N–H and O–H groups in total. The van der Waals surface area contributed by atoms with Crippen molar-refractivity contribution < 1.29 is 13.2 Å². The normalized spacial score (nSPS) is 13.6. The minimum atomic E-state index is -3.48. The summed E-state index contributed by atoms with van der Waals surface area (Å²) in [6.07, 6.45) is 1.75. The Morgan fingerprint density at radius 2 is 1.53 bits per heavy atom. The molecule has 0 heterocycles. The molecule has 0 bridgehead atoms. The average molecular weight is 432 g/mol. The number of carbonyl (C=O) groups excluding carboxylic acids is 1. The van der Waals surface area contributed by atoms with Crippen LogP contribution in [0.1, 0.15) is 51.3 Å². The maximum atomic E-state index is 12.6. The fraction of sp³-hybridized carbons (Fsp3) is 0.435. The maximum Gasteiger partial charge on any atom is 0.315 e. The summed E-state index contributed by atoms with van der Waals surface area (Å²) in [4.78, 5) is 12.6. The molecule has 30 heavy (non-hydrogen) atoms. The quantitative estimate of drug-likeness (QED) is 0.594. The zero-order chi connectivity index (χ0) is 22.1. The third-order valence-electron chi connectivity index (χ3n) is 5.16. The second kappa shape index (κ2) is 11.1. The predicted molar refractivity (Wildman–Crippen MR) is 121 cm³/mol. The van der Waals surface area contributed by atoms with E-state index in [-0.39, 0.29) is 23.0 Å². The van der Waals surface area contributed by atoms with Gasteiger partial charge in [0.2, 0.25) is 10.0 Å². The van der Waals surface area contributed by atoms with Crippen LogP contribution in [0.2, 0.25) is 0 Å². The van der Waals surface area contributed by atoms with Crippen LogP contribution in [0.25, 0.3) is 0 Å². The molecule has 7 heteroatoms. The fourth-order valence-electron chi connectivity index (χ4n) is 3.29. The number of amides is 2. The SMILES string of the molecule is CCN(CC)S(=O)(=O)c1ccc(C(C)NC(=O)NC(C)CCc2ccccc2)cc1. The van der Waals surface area contributed by atoms with E-state index in [1.165, 1.54) is 9.87 Å². The van der Waals surface area contributed by atoms with Crippen molar-refractivity contribution in [3.05, 3.63) is 65.7 Å². The van der Waals surface area contributed by atoms with Crippen LogP contribution in [-0.2, 0) is 16.4 Å². The summed E-state index contributed by atoms with van der Waals surface area (Å²) in [6, 6.07) is 16.5. The molecular weight excluding hydrogens is 398 g/mol. The molecule has 6 nitrogen and oxygen atoms in total. The summed E-state index contributed by atoms with van der Waals surface area (Å²) >= 11 is 0. The number of nitrogens with zero attached hydrogens (tertiary/aromatic N) is 1. The number of aryl methyl sites for hydroxylation is 1. The van der Waals surface area contributed by atoms with Gasteiger partial charge in [-0.2, -0.15) is 4.31 Å². The minimum Gasteiger partial charge on any atom is -0.336 e. The summed E-state index contributed by atoms with van der Waals surface area (Å²) in [5.74, 6) is 0. The number of carbonyl (C=O) groups is 1. The van der Waals surface area contributed by atoms with Crippen molar-refractivity contribution >= 4 is 16.1 Å². The molecule has 2 aromatic rings. The standard InChI is InChI=1S/C23H33N3O3S/c1-5-26(6-2)30(28,29)22-16-14-21(15-17-22)19(4)25-23(27)24-18(3)12-13-20-10-8-7-9-11-20/h7-11,14-19H,5-6,12-13H2,1-4H3,(H2,24,25,27). The molecule has 2 rings (SSSR count). The van der Waals surface area contributed by atoms with E-state index in [1.807, 2.05) is 45.9 Å². The molecule has 2 amide bonds. The molecule has 0 aliphatic carbocycles. The molecule has 0 radical (unpaired) electrons.